The van der Waals surface area contributed by atoms with Crippen LogP contribution in [0.5, 0.6) is 0 Å². The second-order valence-electron chi connectivity index (χ2n) is 3.28. The van der Waals surface area contributed by atoms with Crippen molar-refractivity contribution in [2.24, 2.45) is 0 Å². The number of halogens is 5. The predicted octanol–water partition coefficient (Wildman–Crippen LogP) is 3.11. The van der Waals surface area contributed by atoms with Crippen LogP contribution < -0.4 is 5.32 Å². The maximum atomic E-state index is 12.9. The number of anilines is 1. The SMILES string of the molecule is O=C(COCC(F)(F)F)Nc1cc(F)ccc1Br. The summed E-state index contributed by atoms with van der Waals surface area (Å²) in [6.07, 6.45) is -4.49. The van der Waals surface area contributed by atoms with E-state index < -0.39 is 31.1 Å². The van der Waals surface area contributed by atoms with Gasteiger partial charge in [-0.15, -0.1) is 0 Å². The third-order valence-corrected chi connectivity index (χ3v) is 2.39. The molecule has 0 aliphatic rings. The molecular weight excluding hydrogens is 322 g/mol. The molecule has 0 bridgehead atoms. The summed E-state index contributed by atoms with van der Waals surface area (Å²) in [5, 5.41) is 2.22. The Hall–Kier alpha value is -1.15. The van der Waals surface area contributed by atoms with Crippen molar-refractivity contribution in [3.63, 3.8) is 0 Å². The molecule has 3 nitrogen and oxygen atoms in total. The van der Waals surface area contributed by atoms with Crippen LogP contribution in [-0.4, -0.2) is 25.3 Å². The first-order valence-corrected chi connectivity index (χ1v) is 5.46. The number of carbonyl (C=O) groups excluding carboxylic acids is 1. The van der Waals surface area contributed by atoms with Gasteiger partial charge in [0.2, 0.25) is 5.91 Å². The van der Waals surface area contributed by atoms with E-state index in [1.807, 2.05) is 0 Å². The van der Waals surface area contributed by atoms with Crippen molar-refractivity contribution < 1.29 is 27.1 Å². The number of hydrogen-bond acceptors (Lipinski definition) is 2. The highest BCUT2D eigenvalue weighted by Gasteiger charge is 2.27. The monoisotopic (exact) mass is 329 g/mol. The number of nitrogens with one attached hydrogen (secondary N) is 1. The molecule has 1 aromatic rings. The summed E-state index contributed by atoms with van der Waals surface area (Å²) in [6, 6.07) is 3.56. The van der Waals surface area contributed by atoms with Gasteiger partial charge in [-0.1, -0.05) is 0 Å². The number of alkyl halides is 3. The van der Waals surface area contributed by atoms with Crippen molar-refractivity contribution in [2.75, 3.05) is 18.5 Å². The van der Waals surface area contributed by atoms with E-state index in [4.69, 9.17) is 0 Å². The number of amides is 1. The molecule has 1 rings (SSSR count). The number of hydrogen-bond donors (Lipinski definition) is 1. The Morgan fingerprint density at radius 3 is 2.67 bits per heavy atom. The molecule has 0 aliphatic heterocycles. The molecule has 0 fully saturated rings. The van der Waals surface area contributed by atoms with E-state index in [0.29, 0.717) is 4.47 Å². The van der Waals surface area contributed by atoms with E-state index in [1.165, 1.54) is 12.1 Å². The molecule has 0 heterocycles. The van der Waals surface area contributed by atoms with Crippen LogP contribution in [0.25, 0.3) is 0 Å². The van der Waals surface area contributed by atoms with Crippen molar-refractivity contribution in [3.05, 3.63) is 28.5 Å². The van der Waals surface area contributed by atoms with Crippen LogP contribution in [0, 0.1) is 5.82 Å². The van der Waals surface area contributed by atoms with Crippen molar-refractivity contribution in [1.29, 1.82) is 0 Å². The highest BCUT2D eigenvalue weighted by Crippen LogP contribution is 2.23. The van der Waals surface area contributed by atoms with E-state index in [1.54, 1.807) is 0 Å². The fraction of sp³-hybridized carbons (Fsp3) is 0.300. The Kier molecular flexibility index (Phi) is 5.09. The van der Waals surface area contributed by atoms with Gasteiger partial charge in [-0.3, -0.25) is 4.79 Å². The number of carbonyl (C=O) groups is 1. The van der Waals surface area contributed by atoms with Crippen LogP contribution in [0.15, 0.2) is 22.7 Å². The number of ether oxygens (including phenoxy) is 1. The van der Waals surface area contributed by atoms with Crippen molar-refractivity contribution in [3.8, 4) is 0 Å². The summed E-state index contributed by atoms with van der Waals surface area (Å²) in [5.74, 6) is -1.38. The average molecular weight is 330 g/mol. The van der Waals surface area contributed by atoms with Gasteiger partial charge >= 0.3 is 6.18 Å². The van der Waals surface area contributed by atoms with Gasteiger partial charge in [0, 0.05) is 4.47 Å². The maximum absolute atomic E-state index is 12.9. The molecule has 0 unspecified atom stereocenters. The topological polar surface area (TPSA) is 38.3 Å². The van der Waals surface area contributed by atoms with E-state index in [-0.39, 0.29) is 5.69 Å². The van der Waals surface area contributed by atoms with Gasteiger partial charge < -0.3 is 10.1 Å². The van der Waals surface area contributed by atoms with E-state index in [2.05, 4.69) is 26.0 Å². The Morgan fingerprint density at radius 1 is 1.39 bits per heavy atom. The maximum Gasteiger partial charge on any atom is 0.411 e. The molecule has 100 valence electrons. The molecule has 1 amide bonds. The van der Waals surface area contributed by atoms with Crippen molar-refractivity contribution in [1.82, 2.24) is 0 Å². The van der Waals surface area contributed by atoms with Gasteiger partial charge in [0.1, 0.15) is 19.0 Å². The van der Waals surface area contributed by atoms with Crippen LogP contribution in [-0.2, 0) is 9.53 Å². The predicted molar refractivity (Wildman–Crippen MR) is 59.6 cm³/mol. The van der Waals surface area contributed by atoms with Gasteiger partial charge in [-0.05, 0) is 34.1 Å². The summed E-state index contributed by atoms with van der Waals surface area (Å²) in [4.78, 5) is 11.2. The molecule has 0 saturated heterocycles. The third kappa shape index (κ3) is 5.46. The highest BCUT2D eigenvalue weighted by molar-refractivity contribution is 9.10. The minimum atomic E-state index is -4.49. The second-order valence-corrected chi connectivity index (χ2v) is 4.13. The first-order chi connectivity index (χ1) is 8.28. The summed E-state index contributed by atoms with van der Waals surface area (Å²) in [5.41, 5.74) is 0.121. The summed E-state index contributed by atoms with van der Waals surface area (Å²) < 4.78 is 52.6. The van der Waals surface area contributed by atoms with Crippen molar-refractivity contribution >= 4 is 27.5 Å². The minimum absolute atomic E-state index is 0.121. The quantitative estimate of drug-likeness (QED) is 0.862. The van der Waals surface area contributed by atoms with E-state index >= 15 is 0 Å². The Labute approximate surface area is 108 Å². The van der Waals surface area contributed by atoms with Gasteiger partial charge in [0.25, 0.3) is 0 Å². The number of rotatable bonds is 4. The average Bonchev–Trinajstić information content (AvgIpc) is 2.21. The zero-order chi connectivity index (χ0) is 13.8. The smallest absolute Gasteiger partial charge is 0.362 e. The molecule has 18 heavy (non-hydrogen) atoms. The molecule has 8 heteroatoms. The molecule has 0 spiro atoms. The molecule has 1 aromatic carbocycles. The lowest BCUT2D eigenvalue weighted by atomic mass is 10.3. The molecule has 0 aliphatic carbocycles. The fourth-order valence-corrected chi connectivity index (χ4v) is 1.38. The first-order valence-electron chi connectivity index (χ1n) is 4.67. The third-order valence-electron chi connectivity index (χ3n) is 1.70. The van der Waals surface area contributed by atoms with Crippen LogP contribution in [0.3, 0.4) is 0 Å². The van der Waals surface area contributed by atoms with Crippen LogP contribution in [0.2, 0.25) is 0 Å². The standard InChI is InChI=1S/C10H8BrF4NO2/c11-7-2-1-6(12)3-8(7)16-9(17)4-18-5-10(13,14)15/h1-3H,4-5H2,(H,16,17). The van der Waals surface area contributed by atoms with Gasteiger partial charge in [-0.25, -0.2) is 4.39 Å². The van der Waals surface area contributed by atoms with Crippen LogP contribution in [0.4, 0.5) is 23.2 Å². The Morgan fingerprint density at radius 2 is 2.06 bits per heavy atom. The zero-order valence-electron chi connectivity index (χ0n) is 8.85. The van der Waals surface area contributed by atoms with Crippen LogP contribution >= 0.6 is 15.9 Å². The normalized spacial score (nSPS) is 11.4. The lowest BCUT2D eigenvalue weighted by Crippen LogP contribution is -2.24. The Bertz CT molecular complexity index is 436. The molecule has 1 N–H and O–H groups in total. The number of benzene rings is 1. The largest absolute Gasteiger partial charge is 0.411 e. The molecule has 0 aromatic heterocycles. The van der Waals surface area contributed by atoms with Crippen LogP contribution in [0.1, 0.15) is 0 Å². The summed E-state index contributed by atoms with van der Waals surface area (Å²) in [6.45, 7) is -2.27. The zero-order valence-corrected chi connectivity index (χ0v) is 10.4. The lowest BCUT2D eigenvalue weighted by Gasteiger charge is -2.09. The highest BCUT2D eigenvalue weighted by atomic mass is 79.9. The fourth-order valence-electron chi connectivity index (χ4n) is 1.04. The summed E-state index contributed by atoms with van der Waals surface area (Å²) in [7, 11) is 0. The van der Waals surface area contributed by atoms with Gasteiger partial charge in [-0.2, -0.15) is 13.2 Å². The molecule has 0 saturated carbocycles. The molecular formula is C10H8BrF4NO2. The molecule has 0 atom stereocenters. The van der Waals surface area contributed by atoms with Crippen molar-refractivity contribution in [2.45, 2.75) is 6.18 Å². The Balaban J connectivity index is 2.47. The van der Waals surface area contributed by atoms with E-state index in [9.17, 15) is 22.4 Å². The summed E-state index contributed by atoms with van der Waals surface area (Å²) >= 11 is 3.06. The van der Waals surface area contributed by atoms with E-state index in [0.717, 1.165) is 6.07 Å². The second kappa shape index (κ2) is 6.14. The first kappa shape index (κ1) is 14.9. The van der Waals surface area contributed by atoms with Gasteiger partial charge in [0.15, 0.2) is 0 Å². The minimum Gasteiger partial charge on any atom is -0.362 e. The molecule has 0 radical (unpaired) electrons. The van der Waals surface area contributed by atoms with Gasteiger partial charge in [0.05, 0.1) is 5.69 Å². The lowest BCUT2D eigenvalue weighted by molar-refractivity contribution is -0.174.